The van der Waals surface area contributed by atoms with Crippen LogP contribution < -0.4 is 10.6 Å². The Morgan fingerprint density at radius 1 is 0.523 bits per heavy atom. The Hall–Kier alpha value is -2.60. The van der Waals surface area contributed by atoms with Gasteiger partial charge in [-0.2, -0.15) is 0 Å². The van der Waals surface area contributed by atoms with Gasteiger partial charge in [0, 0.05) is 33.4 Å². The monoisotopic (exact) mass is 1240 g/mol. The molecule has 2 amide bonds. The summed E-state index contributed by atoms with van der Waals surface area (Å²) in [6, 6.07) is 10.2. The first kappa shape index (κ1) is 132. The number of hydrogen-bond acceptors (Lipinski definition) is 8. The highest BCUT2D eigenvalue weighted by Gasteiger charge is 2.21. The zero-order valence-electron chi connectivity index (χ0n) is 67.6. The van der Waals surface area contributed by atoms with Crippen LogP contribution in [0.4, 0.5) is 0 Å². The first-order valence-electron chi connectivity index (χ1n) is 36.8. The van der Waals surface area contributed by atoms with Gasteiger partial charge in [0.1, 0.15) is 0 Å². The van der Waals surface area contributed by atoms with Crippen molar-refractivity contribution in [2.45, 2.75) is 340 Å². The highest BCUT2D eigenvalue weighted by atomic mass is 16.5. The highest BCUT2D eigenvalue weighted by Crippen LogP contribution is 2.28. The van der Waals surface area contributed by atoms with Gasteiger partial charge in [0.05, 0.1) is 32.0 Å². The predicted octanol–water partition coefficient (Wildman–Crippen LogP) is 24.0. The van der Waals surface area contributed by atoms with Gasteiger partial charge in [-0.15, -0.1) is 0 Å². The zero-order valence-corrected chi connectivity index (χ0v) is 67.6. The van der Waals surface area contributed by atoms with Gasteiger partial charge < -0.3 is 39.8 Å². The predicted molar refractivity (Wildman–Crippen MR) is 408 cm³/mol. The molecule has 0 spiro atoms. The van der Waals surface area contributed by atoms with Crippen molar-refractivity contribution >= 4 is 11.8 Å². The lowest BCUT2D eigenvalue weighted by atomic mass is 9.82. The average Bonchev–Trinajstić information content (AvgIpc) is 3.62. The molecule has 4 rings (SSSR count). The second kappa shape index (κ2) is 178. The second-order valence-corrected chi connectivity index (χ2v) is 13.5. The van der Waals surface area contributed by atoms with Gasteiger partial charge in [-0.25, -0.2) is 0 Å². The summed E-state index contributed by atoms with van der Waals surface area (Å²) in [4.78, 5) is 25.5. The Morgan fingerprint density at radius 3 is 1.10 bits per heavy atom. The average molecular weight is 1240 g/mol. The van der Waals surface area contributed by atoms with E-state index in [1.54, 1.807) is 7.11 Å². The Morgan fingerprint density at radius 2 is 0.872 bits per heavy atom. The summed E-state index contributed by atoms with van der Waals surface area (Å²) in [7, 11) is 1.68. The number of piperidine rings is 2. The maximum absolute atomic E-state index is 10.3. The molecule has 538 valence electrons. The SMILES string of the molecule is C=CC(=O)NCC.C=CC(=O)NCCC.CC.CC.CC.CC.CC.CC.CC.CC.CC.CC.CC.CC.CC.CC.CC.CC.CC(O)C1CCC1.CCN1CCCCC1.CCOCCN1CCCCC1.COCCOC(C)c1ccccc1. The van der Waals surface area contributed by atoms with Crippen LogP contribution in [0.3, 0.4) is 0 Å². The van der Waals surface area contributed by atoms with E-state index in [2.05, 4.69) is 59.6 Å². The number of nitrogens with one attached hydrogen (secondary N) is 2. The number of carbonyl (C=O) groups excluding carboxylic acids is 2. The molecule has 1 saturated carbocycles. The quantitative estimate of drug-likeness (QED) is 0.111. The Balaban J connectivity index is -0.0000000371. The molecule has 1 aliphatic carbocycles. The number of amides is 2. The molecule has 2 atom stereocenters. The third-order valence-corrected chi connectivity index (χ3v) is 9.13. The van der Waals surface area contributed by atoms with Gasteiger partial charge in [0.2, 0.25) is 11.8 Å². The molecule has 3 fully saturated rings. The van der Waals surface area contributed by atoms with E-state index in [0.29, 0.717) is 25.7 Å². The summed E-state index contributed by atoms with van der Waals surface area (Å²) in [5.41, 5.74) is 1.21. The third kappa shape index (κ3) is 154. The van der Waals surface area contributed by atoms with Crippen molar-refractivity contribution in [2.75, 3.05) is 85.9 Å². The second-order valence-electron chi connectivity index (χ2n) is 13.5. The smallest absolute Gasteiger partial charge is 0.243 e. The first-order valence-corrected chi connectivity index (χ1v) is 36.8. The molecule has 10 heteroatoms. The van der Waals surface area contributed by atoms with Crippen LogP contribution in [0.1, 0.15) is 339 Å². The van der Waals surface area contributed by atoms with Crippen LogP contribution in [0.2, 0.25) is 0 Å². The van der Waals surface area contributed by atoms with Crippen molar-refractivity contribution in [2.24, 2.45) is 5.92 Å². The van der Waals surface area contributed by atoms with Gasteiger partial charge in [-0.1, -0.05) is 298 Å². The summed E-state index contributed by atoms with van der Waals surface area (Å²) in [5, 5.41) is 14.0. The largest absolute Gasteiger partial charge is 0.393 e. The lowest BCUT2D eigenvalue weighted by Gasteiger charge is -2.27. The van der Waals surface area contributed by atoms with Crippen molar-refractivity contribution in [1.29, 1.82) is 0 Å². The number of carbonyl (C=O) groups is 2. The summed E-state index contributed by atoms with van der Waals surface area (Å²) in [5.74, 6) is 0.439. The molecule has 3 aliphatic rings. The van der Waals surface area contributed by atoms with Crippen molar-refractivity contribution in [3.63, 3.8) is 0 Å². The maximum atomic E-state index is 10.3. The van der Waals surface area contributed by atoms with Crippen LogP contribution in [0, 0.1) is 5.92 Å². The number of hydrogen-bond donors (Lipinski definition) is 3. The van der Waals surface area contributed by atoms with Gasteiger partial charge in [-0.3, -0.25) is 9.59 Å². The lowest BCUT2D eigenvalue weighted by molar-refractivity contribution is -0.117. The van der Waals surface area contributed by atoms with Gasteiger partial charge in [0.15, 0.2) is 0 Å². The fourth-order valence-corrected chi connectivity index (χ4v) is 5.41. The molecule has 3 N–H and O–H groups in total. The maximum Gasteiger partial charge on any atom is 0.243 e. The molecule has 2 aliphatic heterocycles. The van der Waals surface area contributed by atoms with Crippen molar-refractivity contribution in [1.82, 2.24) is 20.4 Å². The van der Waals surface area contributed by atoms with Crippen LogP contribution in [0.25, 0.3) is 0 Å². The minimum atomic E-state index is -0.109. The Bertz CT molecular complexity index is 988. The van der Waals surface area contributed by atoms with E-state index in [1.165, 1.54) is 108 Å². The molecule has 0 bridgehead atoms. The number of aliphatic hydroxyl groups is 1. The Kier molecular flexibility index (Phi) is 274. The van der Waals surface area contributed by atoms with E-state index in [4.69, 9.17) is 19.3 Å². The number of likely N-dealkylation sites (tertiary alicyclic amines) is 2. The van der Waals surface area contributed by atoms with E-state index in [9.17, 15) is 9.59 Å². The van der Waals surface area contributed by atoms with Crippen LogP contribution in [-0.4, -0.2) is 119 Å². The van der Waals surface area contributed by atoms with Gasteiger partial charge in [0.25, 0.3) is 0 Å². The number of benzene rings is 1. The summed E-state index contributed by atoms with van der Waals surface area (Å²) in [6.07, 6.45) is 15.9. The van der Waals surface area contributed by atoms with E-state index >= 15 is 0 Å². The third-order valence-electron chi connectivity index (χ3n) is 9.13. The topological polar surface area (TPSA) is 113 Å². The van der Waals surface area contributed by atoms with Crippen LogP contribution in [0.15, 0.2) is 55.6 Å². The number of rotatable bonds is 16. The molecule has 2 saturated heterocycles. The number of ether oxygens (including phenoxy) is 3. The Labute approximate surface area is 551 Å². The molecule has 0 aromatic heterocycles. The van der Waals surface area contributed by atoms with Crippen molar-refractivity contribution in [3.8, 4) is 0 Å². The van der Waals surface area contributed by atoms with Gasteiger partial charge in [-0.05, 0) is 129 Å². The minimum Gasteiger partial charge on any atom is -0.393 e. The number of aliphatic hydroxyl groups excluding tert-OH is 1. The molecule has 10 nitrogen and oxygen atoms in total. The standard InChI is InChI=1S/C11H16O2.C9H19NO.C7H15N.C6H11NO.C6H12O.C5H9NO.16C2H6/c1-10(13-9-8-12-2)11-6-4-3-5-7-11;1-2-11-9-8-10-6-4-3-5-7-10;1-2-8-6-4-3-5-7-8;1-3-5-7-6(8)4-2;1-5(7)6-3-2-4-6;1-3-5(7)6-4-2;16*1-2/h3-7,10H,8-9H2,1-2H3;2-9H2,1H3;2-7H2,1H3;4H,2-3,5H2,1H3,(H,7,8);5-7H,2-4H2,1H3;3H,1,4H2,2H3,(H,6,7);16*1-2H3. The summed E-state index contributed by atoms with van der Waals surface area (Å²) < 4.78 is 15.7. The molecule has 2 unspecified atom stereocenters. The zero-order chi connectivity index (χ0) is 72.7. The number of likely N-dealkylation sites (N-methyl/N-ethyl adjacent to an activating group) is 1. The first-order chi connectivity index (χ1) is 42.1. The fraction of sp³-hybridized carbons (Fsp3) is 0.842. The van der Waals surface area contributed by atoms with E-state index in [0.717, 1.165) is 32.7 Å². The molecule has 86 heavy (non-hydrogen) atoms. The van der Waals surface area contributed by atoms with E-state index in [-0.39, 0.29) is 24.0 Å². The molecule has 1 aromatic rings. The molecule has 1 aromatic carbocycles. The van der Waals surface area contributed by atoms with Crippen LogP contribution in [-0.2, 0) is 23.8 Å². The molecule has 2 heterocycles. The molecular weight excluding hydrogens is 1060 g/mol. The van der Waals surface area contributed by atoms with E-state index < -0.39 is 0 Å². The number of nitrogens with zero attached hydrogens (tertiary/aromatic N) is 2. The minimum absolute atomic E-state index is 0.0475. The van der Waals surface area contributed by atoms with Crippen LogP contribution >= 0.6 is 0 Å². The highest BCUT2D eigenvalue weighted by molar-refractivity contribution is 5.87. The summed E-state index contributed by atoms with van der Waals surface area (Å²) in [6.45, 7) is 94.8. The van der Waals surface area contributed by atoms with E-state index in [1.807, 2.05) is 267 Å². The van der Waals surface area contributed by atoms with Crippen LogP contribution in [0.5, 0.6) is 0 Å². The normalized spacial score (nSPS) is 11.4. The fourth-order valence-electron chi connectivity index (χ4n) is 5.41. The molecular formula is C76H178N4O6. The molecule has 0 radical (unpaired) electrons. The van der Waals surface area contributed by atoms with Crippen molar-refractivity contribution < 1.29 is 28.9 Å². The van der Waals surface area contributed by atoms with Gasteiger partial charge >= 0.3 is 0 Å². The summed E-state index contributed by atoms with van der Waals surface area (Å²) >= 11 is 0. The lowest BCUT2D eigenvalue weighted by Crippen LogP contribution is -2.32. The van der Waals surface area contributed by atoms with Crippen molar-refractivity contribution in [3.05, 3.63) is 61.2 Å². The number of methoxy groups -OCH3 is 1.